The molecular weight excluding hydrogens is 410 g/mol. The largest absolute Gasteiger partial charge is 0.351 e. The molecule has 33 heavy (non-hydrogen) atoms. The van der Waals surface area contributed by atoms with Crippen LogP contribution in [0, 0.1) is 0 Å². The molecule has 3 aromatic carbocycles. The summed E-state index contributed by atoms with van der Waals surface area (Å²) in [7, 11) is 2.05. The van der Waals surface area contributed by atoms with Crippen LogP contribution in [0.5, 0.6) is 0 Å². The second-order valence-electron chi connectivity index (χ2n) is 8.22. The maximum absolute atomic E-state index is 13.5. The summed E-state index contributed by atoms with van der Waals surface area (Å²) in [6, 6.07) is 25.7. The van der Waals surface area contributed by atoms with Gasteiger partial charge in [-0.1, -0.05) is 72.8 Å². The second kappa shape index (κ2) is 8.43. The maximum atomic E-state index is 13.5. The normalized spacial score (nSPS) is 15.0. The lowest BCUT2D eigenvalue weighted by molar-refractivity contribution is -0.121. The number of fused-ring (bicyclic) bond motifs is 2. The number of amides is 2. The van der Waals surface area contributed by atoms with Gasteiger partial charge in [-0.05, 0) is 23.3 Å². The predicted molar refractivity (Wildman–Crippen MR) is 131 cm³/mol. The highest BCUT2D eigenvalue weighted by Crippen LogP contribution is 2.46. The van der Waals surface area contributed by atoms with Crippen molar-refractivity contribution in [2.75, 3.05) is 13.1 Å². The van der Waals surface area contributed by atoms with Gasteiger partial charge in [0.1, 0.15) is 6.54 Å². The summed E-state index contributed by atoms with van der Waals surface area (Å²) >= 11 is 0. The van der Waals surface area contributed by atoms with Crippen molar-refractivity contribution in [2.45, 2.75) is 6.04 Å². The van der Waals surface area contributed by atoms with E-state index in [-0.39, 0.29) is 24.4 Å². The average molecular weight is 436 g/mol. The number of hydrogen-bond acceptors (Lipinski definition) is 2. The summed E-state index contributed by atoms with van der Waals surface area (Å²) in [6.07, 6.45) is 1.63. The van der Waals surface area contributed by atoms with Crippen LogP contribution in [0.3, 0.4) is 0 Å². The van der Waals surface area contributed by atoms with Crippen molar-refractivity contribution in [3.63, 3.8) is 0 Å². The van der Waals surface area contributed by atoms with Gasteiger partial charge in [0.25, 0.3) is 5.91 Å². The monoisotopic (exact) mass is 435 g/mol. The third kappa shape index (κ3) is 3.42. The lowest BCUT2D eigenvalue weighted by atomic mass is 9.93. The molecule has 0 spiro atoms. The van der Waals surface area contributed by atoms with Crippen molar-refractivity contribution in [3.05, 3.63) is 108 Å². The first-order valence-corrected chi connectivity index (χ1v) is 11.0. The number of aryl methyl sites for hydroxylation is 1. The predicted octanol–water partition coefficient (Wildman–Crippen LogP) is 4.69. The highest BCUT2D eigenvalue weighted by Gasteiger charge is 2.41. The minimum absolute atomic E-state index is 0.0243. The first kappa shape index (κ1) is 20.8. The van der Waals surface area contributed by atoms with Crippen LogP contribution in [0.2, 0.25) is 0 Å². The van der Waals surface area contributed by atoms with Crippen molar-refractivity contribution in [1.29, 1.82) is 0 Å². The van der Waals surface area contributed by atoms with Gasteiger partial charge >= 0.3 is 0 Å². The van der Waals surface area contributed by atoms with Crippen LogP contribution in [-0.4, -0.2) is 34.4 Å². The molecule has 0 saturated heterocycles. The Morgan fingerprint density at radius 1 is 1.00 bits per heavy atom. The summed E-state index contributed by atoms with van der Waals surface area (Å²) in [5.74, 6) is -0.334. The topological polar surface area (TPSA) is 54.3 Å². The molecule has 0 saturated carbocycles. The molecule has 1 aliphatic heterocycles. The van der Waals surface area contributed by atoms with Gasteiger partial charge in [0, 0.05) is 35.6 Å². The molecule has 5 rings (SSSR count). The van der Waals surface area contributed by atoms with Crippen LogP contribution in [0.4, 0.5) is 0 Å². The fraction of sp³-hybridized carbons (Fsp3) is 0.143. The molecule has 5 heteroatoms. The molecule has 4 aromatic rings. The Morgan fingerprint density at radius 2 is 1.70 bits per heavy atom. The van der Waals surface area contributed by atoms with Crippen LogP contribution < -0.4 is 5.32 Å². The molecule has 164 valence electrons. The highest BCUT2D eigenvalue weighted by molar-refractivity contribution is 6.03. The van der Waals surface area contributed by atoms with E-state index in [1.54, 1.807) is 11.0 Å². The van der Waals surface area contributed by atoms with E-state index in [0.29, 0.717) is 12.1 Å². The Morgan fingerprint density at radius 3 is 2.48 bits per heavy atom. The molecular formula is C28H25N3O2. The van der Waals surface area contributed by atoms with E-state index in [0.717, 1.165) is 33.3 Å². The van der Waals surface area contributed by atoms with E-state index in [1.165, 1.54) is 0 Å². The molecule has 1 aromatic heterocycles. The first-order chi connectivity index (χ1) is 16.1. The lowest BCUT2D eigenvalue weighted by Crippen LogP contribution is -2.39. The molecule has 2 amide bonds. The van der Waals surface area contributed by atoms with Gasteiger partial charge in [0.05, 0.1) is 11.7 Å². The zero-order chi connectivity index (χ0) is 22.9. The van der Waals surface area contributed by atoms with Crippen molar-refractivity contribution in [1.82, 2.24) is 14.8 Å². The van der Waals surface area contributed by atoms with E-state index in [2.05, 4.69) is 47.8 Å². The Balaban J connectivity index is 1.75. The van der Waals surface area contributed by atoms with E-state index in [4.69, 9.17) is 0 Å². The molecule has 1 N–H and O–H groups in total. The van der Waals surface area contributed by atoms with Gasteiger partial charge in [0.15, 0.2) is 0 Å². The number of aromatic nitrogens is 1. The zero-order valence-corrected chi connectivity index (χ0v) is 18.5. The van der Waals surface area contributed by atoms with Crippen molar-refractivity contribution < 1.29 is 9.59 Å². The van der Waals surface area contributed by atoms with Gasteiger partial charge < -0.3 is 14.8 Å². The SMILES string of the molecule is C=CCNC(=O)CN1C(=O)c2ccccc2[C@H]1c1c(-c2ccccc2)n(C)c2ccccc12. The number of benzene rings is 3. The molecule has 5 nitrogen and oxygen atoms in total. The quantitative estimate of drug-likeness (QED) is 0.447. The molecule has 0 radical (unpaired) electrons. The standard InChI is InChI=1S/C28H25N3O2/c1-3-17-29-24(32)18-31-27(20-13-7-8-14-21(20)28(31)33)25-22-15-9-10-16-23(22)30(2)26(25)19-11-5-4-6-12-19/h3-16,27H,1,17-18H2,2H3,(H,29,32)/t27-/m0/s1. The summed E-state index contributed by atoms with van der Waals surface area (Å²) in [4.78, 5) is 27.9. The summed E-state index contributed by atoms with van der Waals surface area (Å²) in [5, 5.41) is 3.89. The number of carbonyl (C=O) groups excluding carboxylic acids is 2. The number of carbonyl (C=O) groups is 2. The van der Waals surface area contributed by atoms with E-state index in [9.17, 15) is 9.59 Å². The minimum atomic E-state index is -0.371. The van der Waals surface area contributed by atoms with Crippen LogP contribution in [0.1, 0.15) is 27.5 Å². The Hall–Kier alpha value is -4.12. The van der Waals surface area contributed by atoms with E-state index >= 15 is 0 Å². The van der Waals surface area contributed by atoms with E-state index < -0.39 is 0 Å². The fourth-order valence-electron chi connectivity index (χ4n) is 4.89. The van der Waals surface area contributed by atoms with Gasteiger partial charge in [-0.2, -0.15) is 0 Å². The number of hydrogen-bond donors (Lipinski definition) is 1. The second-order valence-corrected chi connectivity index (χ2v) is 8.22. The number of para-hydroxylation sites is 1. The fourth-order valence-corrected chi connectivity index (χ4v) is 4.89. The third-order valence-electron chi connectivity index (χ3n) is 6.28. The Bertz CT molecular complexity index is 1370. The average Bonchev–Trinajstić information content (AvgIpc) is 3.29. The third-order valence-corrected chi connectivity index (χ3v) is 6.28. The van der Waals surface area contributed by atoms with Crippen molar-refractivity contribution >= 4 is 22.7 Å². The maximum Gasteiger partial charge on any atom is 0.255 e. The molecule has 1 aliphatic rings. The summed E-state index contributed by atoms with van der Waals surface area (Å²) < 4.78 is 2.18. The molecule has 0 unspecified atom stereocenters. The molecule has 2 heterocycles. The number of rotatable bonds is 6. The lowest BCUT2D eigenvalue weighted by Gasteiger charge is -2.26. The van der Waals surface area contributed by atoms with Gasteiger partial charge in [-0.3, -0.25) is 9.59 Å². The van der Waals surface area contributed by atoms with Gasteiger partial charge in [-0.15, -0.1) is 6.58 Å². The van der Waals surface area contributed by atoms with E-state index in [1.807, 2.05) is 54.6 Å². The Labute approximate surface area is 193 Å². The molecule has 0 fully saturated rings. The highest BCUT2D eigenvalue weighted by atomic mass is 16.2. The van der Waals surface area contributed by atoms with Gasteiger partial charge in [-0.25, -0.2) is 0 Å². The summed E-state index contributed by atoms with van der Waals surface area (Å²) in [6.45, 7) is 4.00. The van der Waals surface area contributed by atoms with Crippen molar-refractivity contribution in [3.8, 4) is 11.3 Å². The number of nitrogens with one attached hydrogen (secondary N) is 1. The number of nitrogens with zero attached hydrogens (tertiary/aromatic N) is 2. The zero-order valence-electron chi connectivity index (χ0n) is 18.5. The van der Waals surface area contributed by atoms with Crippen LogP contribution in [-0.2, 0) is 11.8 Å². The van der Waals surface area contributed by atoms with Crippen LogP contribution >= 0.6 is 0 Å². The van der Waals surface area contributed by atoms with Crippen LogP contribution in [0.25, 0.3) is 22.2 Å². The van der Waals surface area contributed by atoms with Gasteiger partial charge in [0.2, 0.25) is 5.91 Å². The smallest absolute Gasteiger partial charge is 0.255 e. The summed E-state index contributed by atoms with van der Waals surface area (Å²) in [5.41, 5.74) is 5.80. The molecule has 1 atom stereocenters. The van der Waals surface area contributed by atoms with Crippen molar-refractivity contribution in [2.24, 2.45) is 7.05 Å². The Kier molecular flexibility index (Phi) is 5.31. The first-order valence-electron chi connectivity index (χ1n) is 11.0. The molecule has 0 bridgehead atoms. The molecule has 0 aliphatic carbocycles. The minimum Gasteiger partial charge on any atom is -0.351 e. The van der Waals surface area contributed by atoms with Crippen LogP contribution in [0.15, 0.2) is 91.5 Å².